The van der Waals surface area contributed by atoms with E-state index in [0.29, 0.717) is 24.9 Å². The molecule has 0 spiro atoms. The maximum Gasteiger partial charge on any atom is 0.240 e. The molecule has 2 aliphatic rings. The highest BCUT2D eigenvalue weighted by atomic mass is 16.5. The lowest BCUT2D eigenvalue weighted by Crippen LogP contribution is -2.42. The Hall–Kier alpha value is -2.15. The van der Waals surface area contributed by atoms with Crippen LogP contribution in [0.25, 0.3) is 0 Å². The molecule has 1 N–H and O–H groups in total. The van der Waals surface area contributed by atoms with Crippen LogP contribution < -0.4 is 5.32 Å². The monoisotopic (exact) mass is 316 g/mol. The van der Waals surface area contributed by atoms with Gasteiger partial charge < -0.3 is 14.3 Å². The molecule has 1 amide bonds. The Balaban J connectivity index is 1.34. The van der Waals surface area contributed by atoms with Crippen molar-refractivity contribution in [2.75, 3.05) is 6.54 Å². The number of rotatable bonds is 6. The Labute approximate surface area is 134 Å². The van der Waals surface area contributed by atoms with E-state index in [2.05, 4.69) is 20.4 Å². The molecular weight excluding hydrogens is 296 g/mol. The van der Waals surface area contributed by atoms with Crippen LogP contribution in [0.1, 0.15) is 49.1 Å². The van der Waals surface area contributed by atoms with Gasteiger partial charge in [-0.2, -0.15) is 4.98 Å². The van der Waals surface area contributed by atoms with Crippen molar-refractivity contribution in [3.05, 3.63) is 35.9 Å². The third-order valence-electron chi connectivity index (χ3n) is 4.45. The lowest BCUT2D eigenvalue weighted by Gasteiger charge is -2.21. The van der Waals surface area contributed by atoms with Crippen molar-refractivity contribution >= 4 is 5.91 Å². The van der Waals surface area contributed by atoms with Crippen LogP contribution in [0.2, 0.25) is 0 Å². The van der Waals surface area contributed by atoms with E-state index in [9.17, 15) is 4.79 Å². The topological polar surface area (TPSA) is 84.4 Å². The molecular formula is C16H20N4O3. The van der Waals surface area contributed by atoms with Gasteiger partial charge in [0, 0.05) is 5.92 Å². The first kappa shape index (κ1) is 14.4. The van der Waals surface area contributed by atoms with Crippen LogP contribution in [0.5, 0.6) is 0 Å². The van der Waals surface area contributed by atoms with Crippen molar-refractivity contribution < 1.29 is 13.7 Å². The molecule has 3 heterocycles. The van der Waals surface area contributed by atoms with Gasteiger partial charge in [-0.15, -0.1) is 0 Å². The van der Waals surface area contributed by atoms with Gasteiger partial charge in [-0.25, -0.2) is 0 Å². The fourth-order valence-corrected chi connectivity index (χ4v) is 3.03. The van der Waals surface area contributed by atoms with E-state index < -0.39 is 0 Å². The number of aromatic nitrogens is 2. The third kappa shape index (κ3) is 3.29. The summed E-state index contributed by atoms with van der Waals surface area (Å²) < 4.78 is 10.6. The zero-order valence-corrected chi connectivity index (χ0v) is 12.9. The van der Waals surface area contributed by atoms with Gasteiger partial charge in [0.05, 0.1) is 25.4 Å². The minimum absolute atomic E-state index is 0.0285. The minimum Gasteiger partial charge on any atom is -0.467 e. The number of likely N-dealkylation sites (tertiary alicyclic amines) is 1. The quantitative estimate of drug-likeness (QED) is 0.875. The molecule has 4 rings (SSSR count). The maximum atomic E-state index is 12.4. The van der Waals surface area contributed by atoms with Crippen LogP contribution in [0.3, 0.4) is 0 Å². The predicted octanol–water partition coefficient (Wildman–Crippen LogP) is 1.82. The number of furan rings is 1. The van der Waals surface area contributed by atoms with Gasteiger partial charge in [0.2, 0.25) is 11.8 Å². The summed E-state index contributed by atoms with van der Waals surface area (Å²) in [7, 11) is 0. The number of carbonyl (C=O) groups excluding carboxylic acids is 1. The lowest BCUT2D eigenvalue weighted by molar-refractivity contribution is -0.126. The van der Waals surface area contributed by atoms with Crippen LogP contribution in [-0.2, 0) is 17.9 Å². The van der Waals surface area contributed by atoms with Gasteiger partial charge in [-0.05, 0) is 44.4 Å². The van der Waals surface area contributed by atoms with Crippen molar-refractivity contribution in [2.24, 2.45) is 0 Å². The smallest absolute Gasteiger partial charge is 0.240 e. The van der Waals surface area contributed by atoms with E-state index in [-0.39, 0.29) is 11.9 Å². The number of nitrogens with zero attached hydrogens (tertiary/aromatic N) is 3. The molecule has 7 nitrogen and oxygen atoms in total. The van der Waals surface area contributed by atoms with Gasteiger partial charge in [0.25, 0.3) is 0 Å². The largest absolute Gasteiger partial charge is 0.467 e. The van der Waals surface area contributed by atoms with Gasteiger partial charge in [0.1, 0.15) is 5.76 Å². The zero-order valence-electron chi connectivity index (χ0n) is 12.9. The molecule has 23 heavy (non-hydrogen) atoms. The summed E-state index contributed by atoms with van der Waals surface area (Å²) in [5.41, 5.74) is 0. The summed E-state index contributed by atoms with van der Waals surface area (Å²) in [6.45, 7) is 1.83. The van der Waals surface area contributed by atoms with Crippen molar-refractivity contribution in [3.63, 3.8) is 0 Å². The first-order chi connectivity index (χ1) is 11.3. The van der Waals surface area contributed by atoms with Crippen molar-refractivity contribution in [3.8, 4) is 0 Å². The Morgan fingerprint density at radius 2 is 2.30 bits per heavy atom. The Morgan fingerprint density at radius 3 is 3.09 bits per heavy atom. The van der Waals surface area contributed by atoms with Crippen LogP contribution in [0, 0.1) is 0 Å². The molecule has 1 unspecified atom stereocenters. The summed E-state index contributed by atoms with van der Waals surface area (Å²) in [4.78, 5) is 19.0. The Kier molecular flexibility index (Phi) is 3.87. The van der Waals surface area contributed by atoms with Crippen LogP contribution in [0.15, 0.2) is 27.3 Å². The summed E-state index contributed by atoms with van der Waals surface area (Å²) in [6.07, 6.45) is 5.77. The first-order valence-corrected chi connectivity index (χ1v) is 8.16. The van der Waals surface area contributed by atoms with Crippen LogP contribution >= 0.6 is 0 Å². The fourth-order valence-electron chi connectivity index (χ4n) is 3.03. The molecule has 122 valence electrons. The summed E-state index contributed by atoms with van der Waals surface area (Å²) in [6, 6.07) is 3.53. The lowest BCUT2D eigenvalue weighted by atomic mass is 10.2. The maximum absolute atomic E-state index is 12.4. The van der Waals surface area contributed by atoms with Crippen molar-refractivity contribution in [1.29, 1.82) is 0 Å². The highest BCUT2D eigenvalue weighted by Gasteiger charge is 2.33. The van der Waals surface area contributed by atoms with Crippen LogP contribution in [0.4, 0.5) is 0 Å². The molecule has 1 aliphatic carbocycles. The molecule has 7 heteroatoms. The van der Waals surface area contributed by atoms with E-state index in [1.54, 1.807) is 6.26 Å². The second kappa shape index (κ2) is 6.16. The normalized spacial score (nSPS) is 21.7. The Bertz CT molecular complexity index is 663. The van der Waals surface area contributed by atoms with E-state index in [0.717, 1.165) is 43.8 Å². The molecule has 1 aliphatic heterocycles. The highest BCUT2D eigenvalue weighted by molar-refractivity contribution is 5.81. The molecule has 1 saturated carbocycles. The number of carbonyl (C=O) groups is 1. The molecule has 1 atom stereocenters. The second-order valence-electron chi connectivity index (χ2n) is 6.25. The summed E-state index contributed by atoms with van der Waals surface area (Å²) in [5, 5.41) is 6.97. The Morgan fingerprint density at radius 1 is 1.39 bits per heavy atom. The molecule has 2 aromatic rings. The molecule has 0 aromatic carbocycles. The van der Waals surface area contributed by atoms with E-state index in [1.807, 2.05) is 12.1 Å². The van der Waals surface area contributed by atoms with Gasteiger partial charge in [-0.3, -0.25) is 9.69 Å². The highest BCUT2D eigenvalue weighted by Crippen LogP contribution is 2.38. The SMILES string of the molecule is O=C(NCc1ccco1)C1CCCN1Cc1nc(C2CC2)no1. The molecule has 0 bridgehead atoms. The van der Waals surface area contributed by atoms with Gasteiger partial charge >= 0.3 is 0 Å². The van der Waals surface area contributed by atoms with Crippen LogP contribution in [-0.4, -0.2) is 33.5 Å². The summed E-state index contributed by atoms with van der Waals surface area (Å²) in [5.74, 6) is 2.70. The molecule has 1 saturated heterocycles. The van der Waals surface area contributed by atoms with Crippen molar-refractivity contribution in [1.82, 2.24) is 20.4 Å². The standard InChI is InChI=1S/C16H20N4O3/c21-16(17-9-12-3-2-8-22-12)13-4-1-7-20(13)10-14-18-15(19-23-14)11-5-6-11/h2-3,8,11,13H,1,4-7,9-10H2,(H,17,21). The first-order valence-electron chi connectivity index (χ1n) is 8.16. The number of hydrogen-bond acceptors (Lipinski definition) is 6. The average molecular weight is 316 g/mol. The molecule has 2 fully saturated rings. The second-order valence-corrected chi connectivity index (χ2v) is 6.25. The fraction of sp³-hybridized carbons (Fsp3) is 0.562. The average Bonchev–Trinajstić information content (AvgIpc) is 2.99. The number of nitrogens with one attached hydrogen (secondary N) is 1. The molecule has 0 radical (unpaired) electrons. The predicted molar refractivity (Wildman–Crippen MR) is 80.3 cm³/mol. The van der Waals surface area contributed by atoms with Gasteiger partial charge in [-0.1, -0.05) is 5.16 Å². The van der Waals surface area contributed by atoms with E-state index in [4.69, 9.17) is 8.94 Å². The zero-order chi connectivity index (χ0) is 15.6. The van der Waals surface area contributed by atoms with E-state index in [1.165, 1.54) is 0 Å². The third-order valence-corrected chi connectivity index (χ3v) is 4.45. The number of hydrogen-bond donors (Lipinski definition) is 1. The summed E-state index contributed by atoms with van der Waals surface area (Å²) >= 11 is 0. The number of amides is 1. The van der Waals surface area contributed by atoms with Gasteiger partial charge in [0.15, 0.2) is 5.82 Å². The minimum atomic E-state index is -0.138. The van der Waals surface area contributed by atoms with E-state index >= 15 is 0 Å². The molecule has 2 aromatic heterocycles. The van der Waals surface area contributed by atoms with Crippen molar-refractivity contribution in [2.45, 2.75) is 50.7 Å².